The van der Waals surface area contributed by atoms with Gasteiger partial charge in [0, 0.05) is 5.54 Å². The van der Waals surface area contributed by atoms with Crippen molar-refractivity contribution in [1.29, 1.82) is 0 Å². The third-order valence-corrected chi connectivity index (χ3v) is 2.06. The van der Waals surface area contributed by atoms with Crippen LogP contribution in [0.25, 0.3) is 0 Å². The average molecular weight is 185 g/mol. The van der Waals surface area contributed by atoms with Crippen molar-refractivity contribution in [2.45, 2.75) is 32.7 Å². The van der Waals surface area contributed by atoms with E-state index in [0.29, 0.717) is 13.0 Å². The standard InChI is InChI=1S/C9H15NO3/c1-4-13-8(12)6-5-9(2,3)10-7(6)11/h6H,4-5H2,1-3H3,(H,10,11). The SMILES string of the molecule is CCOC(=O)C1CC(C)(C)NC1=O. The van der Waals surface area contributed by atoms with Gasteiger partial charge in [-0.2, -0.15) is 0 Å². The molecule has 0 aromatic heterocycles. The summed E-state index contributed by atoms with van der Waals surface area (Å²) in [7, 11) is 0. The van der Waals surface area contributed by atoms with Crippen LogP contribution >= 0.6 is 0 Å². The summed E-state index contributed by atoms with van der Waals surface area (Å²) in [5.41, 5.74) is -0.283. The Morgan fingerprint density at radius 1 is 1.69 bits per heavy atom. The second-order valence-electron chi connectivity index (χ2n) is 3.88. The number of rotatable bonds is 2. The molecule has 1 rings (SSSR count). The molecule has 4 nitrogen and oxygen atoms in total. The fourth-order valence-corrected chi connectivity index (χ4v) is 1.51. The highest BCUT2D eigenvalue weighted by Crippen LogP contribution is 2.25. The predicted octanol–water partition coefficient (Wildman–Crippen LogP) is 0.464. The molecule has 1 heterocycles. The van der Waals surface area contributed by atoms with Crippen molar-refractivity contribution in [3.8, 4) is 0 Å². The van der Waals surface area contributed by atoms with Crippen LogP contribution in [0.4, 0.5) is 0 Å². The average Bonchev–Trinajstić information content (AvgIpc) is 2.25. The molecule has 0 radical (unpaired) electrons. The van der Waals surface area contributed by atoms with Crippen LogP contribution in [-0.4, -0.2) is 24.0 Å². The van der Waals surface area contributed by atoms with E-state index in [0.717, 1.165) is 0 Å². The highest BCUT2D eigenvalue weighted by molar-refractivity contribution is 5.99. The van der Waals surface area contributed by atoms with E-state index in [1.54, 1.807) is 6.92 Å². The first-order chi connectivity index (χ1) is 5.96. The summed E-state index contributed by atoms with van der Waals surface area (Å²) in [6, 6.07) is 0. The first-order valence-electron chi connectivity index (χ1n) is 4.45. The van der Waals surface area contributed by atoms with Gasteiger partial charge in [-0.15, -0.1) is 0 Å². The number of nitrogens with one attached hydrogen (secondary N) is 1. The molecule has 1 aliphatic rings. The molecule has 1 unspecified atom stereocenters. The Labute approximate surface area is 77.6 Å². The van der Waals surface area contributed by atoms with Gasteiger partial charge in [0.1, 0.15) is 5.92 Å². The maximum Gasteiger partial charge on any atom is 0.318 e. The quantitative estimate of drug-likeness (QED) is 0.502. The van der Waals surface area contributed by atoms with Gasteiger partial charge in [0.15, 0.2) is 0 Å². The van der Waals surface area contributed by atoms with Crippen LogP contribution in [0.5, 0.6) is 0 Å². The smallest absolute Gasteiger partial charge is 0.318 e. The lowest BCUT2D eigenvalue weighted by Crippen LogP contribution is -2.35. The molecule has 0 saturated carbocycles. The van der Waals surface area contributed by atoms with Gasteiger partial charge < -0.3 is 10.1 Å². The summed E-state index contributed by atoms with van der Waals surface area (Å²) in [4.78, 5) is 22.6. The molecule has 0 bridgehead atoms. The highest BCUT2D eigenvalue weighted by Gasteiger charge is 2.42. The largest absolute Gasteiger partial charge is 0.465 e. The minimum absolute atomic E-state index is 0.219. The maximum absolute atomic E-state index is 11.3. The molecule has 74 valence electrons. The van der Waals surface area contributed by atoms with E-state index in [2.05, 4.69) is 5.32 Å². The Morgan fingerprint density at radius 3 is 2.69 bits per heavy atom. The van der Waals surface area contributed by atoms with E-state index in [4.69, 9.17) is 4.74 Å². The Balaban J connectivity index is 2.63. The number of carbonyl (C=O) groups excluding carboxylic acids is 2. The minimum atomic E-state index is -0.616. The van der Waals surface area contributed by atoms with E-state index in [1.165, 1.54) is 0 Å². The Hall–Kier alpha value is -1.06. The van der Waals surface area contributed by atoms with Crippen molar-refractivity contribution in [2.75, 3.05) is 6.61 Å². The summed E-state index contributed by atoms with van der Waals surface area (Å²) < 4.78 is 4.79. The molecule has 0 aliphatic carbocycles. The van der Waals surface area contributed by atoms with Crippen molar-refractivity contribution in [3.63, 3.8) is 0 Å². The van der Waals surface area contributed by atoms with Crippen molar-refractivity contribution < 1.29 is 14.3 Å². The third-order valence-electron chi connectivity index (χ3n) is 2.06. The zero-order valence-corrected chi connectivity index (χ0v) is 8.22. The molecule has 13 heavy (non-hydrogen) atoms. The van der Waals surface area contributed by atoms with Crippen LogP contribution in [0.15, 0.2) is 0 Å². The normalized spacial score (nSPS) is 25.5. The second kappa shape index (κ2) is 3.36. The van der Waals surface area contributed by atoms with E-state index in [9.17, 15) is 9.59 Å². The van der Waals surface area contributed by atoms with Crippen LogP contribution in [-0.2, 0) is 14.3 Å². The van der Waals surface area contributed by atoms with Gasteiger partial charge in [-0.1, -0.05) is 0 Å². The van der Waals surface area contributed by atoms with E-state index in [-0.39, 0.29) is 11.4 Å². The second-order valence-corrected chi connectivity index (χ2v) is 3.88. The van der Waals surface area contributed by atoms with Crippen molar-refractivity contribution in [2.24, 2.45) is 5.92 Å². The molecule has 1 atom stereocenters. The van der Waals surface area contributed by atoms with Crippen LogP contribution < -0.4 is 5.32 Å². The number of hydrogen-bond donors (Lipinski definition) is 1. The molecular formula is C9H15NO3. The summed E-state index contributed by atoms with van der Waals surface area (Å²) in [6.07, 6.45) is 0.519. The molecule has 1 aliphatic heterocycles. The zero-order chi connectivity index (χ0) is 10.1. The zero-order valence-electron chi connectivity index (χ0n) is 8.22. The topological polar surface area (TPSA) is 55.4 Å². The molecule has 0 aromatic rings. The van der Waals surface area contributed by atoms with Crippen LogP contribution in [0.3, 0.4) is 0 Å². The minimum Gasteiger partial charge on any atom is -0.465 e. The summed E-state index contributed by atoms with van der Waals surface area (Å²) >= 11 is 0. The molecule has 1 amide bonds. The van der Waals surface area contributed by atoms with Gasteiger partial charge >= 0.3 is 5.97 Å². The Bertz CT molecular complexity index is 235. The van der Waals surface area contributed by atoms with Crippen molar-refractivity contribution >= 4 is 11.9 Å². The first-order valence-corrected chi connectivity index (χ1v) is 4.45. The van der Waals surface area contributed by atoms with Crippen molar-refractivity contribution in [1.82, 2.24) is 5.32 Å². The Morgan fingerprint density at radius 2 is 2.31 bits per heavy atom. The molecule has 0 aromatic carbocycles. The number of amides is 1. The molecule has 4 heteroatoms. The van der Waals surface area contributed by atoms with Crippen LogP contribution in [0.1, 0.15) is 27.2 Å². The summed E-state index contributed by atoms with van der Waals surface area (Å²) in [5.74, 6) is -1.25. The lowest BCUT2D eigenvalue weighted by Gasteiger charge is -2.15. The van der Waals surface area contributed by atoms with Gasteiger partial charge in [0.25, 0.3) is 0 Å². The number of carbonyl (C=O) groups is 2. The van der Waals surface area contributed by atoms with Gasteiger partial charge in [-0.25, -0.2) is 0 Å². The number of esters is 1. The third kappa shape index (κ3) is 2.20. The van der Waals surface area contributed by atoms with E-state index >= 15 is 0 Å². The molecule has 1 saturated heterocycles. The van der Waals surface area contributed by atoms with Gasteiger partial charge in [0.2, 0.25) is 5.91 Å². The van der Waals surface area contributed by atoms with Gasteiger partial charge in [-0.3, -0.25) is 9.59 Å². The lowest BCUT2D eigenvalue weighted by atomic mass is 9.97. The monoisotopic (exact) mass is 185 g/mol. The molecule has 1 fully saturated rings. The highest BCUT2D eigenvalue weighted by atomic mass is 16.5. The fraction of sp³-hybridized carbons (Fsp3) is 0.778. The number of ether oxygens (including phenoxy) is 1. The molecular weight excluding hydrogens is 170 g/mol. The summed E-state index contributed by atoms with van der Waals surface area (Å²) in [5, 5.41) is 2.74. The van der Waals surface area contributed by atoms with Gasteiger partial charge in [0.05, 0.1) is 6.61 Å². The molecule has 0 spiro atoms. The predicted molar refractivity (Wildman–Crippen MR) is 47.0 cm³/mol. The van der Waals surface area contributed by atoms with Crippen LogP contribution in [0, 0.1) is 5.92 Å². The maximum atomic E-state index is 11.3. The van der Waals surface area contributed by atoms with Crippen molar-refractivity contribution in [3.05, 3.63) is 0 Å². The number of hydrogen-bond acceptors (Lipinski definition) is 3. The molecule has 1 N–H and O–H groups in total. The van der Waals surface area contributed by atoms with Gasteiger partial charge in [-0.05, 0) is 27.2 Å². The summed E-state index contributed by atoms with van der Waals surface area (Å²) in [6.45, 7) is 5.84. The fourth-order valence-electron chi connectivity index (χ4n) is 1.51. The first kappa shape index (κ1) is 10.0. The Kier molecular flexibility index (Phi) is 2.59. The van der Waals surface area contributed by atoms with Crippen LogP contribution in [0.2, 0.25) is 0 Å². The van der Waals surface area contributed by atoms with E-state index in [1.807, 2.05) is 13.8 Å². The van der Waals surface area contributed by atoms with E-state index < -0.39 is 11.9 Å². The lowest BCUT2D eigenvalue weighted by molar-refractivity contribution is -0.150.